The molecule has 7 heteroatoms. The fourth-order valence-corrected chi connectivity index (χ4v) is 3.61. The van der Waals surface area contributed by atoms with Crippen LogP contribution in [0.3, 0.4) is 0 Å². The summed E-state index contributed by atoms with van der Waals surface area (Å²) in [6, 6.07) is 12.9. The van der Waals surface area contributed by atoms with E-state index in [1.54, 1.807) is 12.1 Å². The summed E-state index contributed by atoms with van der Waals surface area (Å²) >= 11 is 0. The van der Waals surface area contributed by atoms with Gasteiger partial charge in [0, 0.05) is 16.7 Å². The SMILES string of the molecule is COc1cc(-c2c3c([nH]c(=O)c2C#N)-c2ccccc2OC3)cc(OC)c1OC. The second kappa shape index (κ2) is 7.24. The number of hydrogen-bond acceptors (Lipinski definition) is 6. The normalized spacial score (nSPS) is 11.5. The number of ether oxygens (including phenoxy) is 4. The molecule has 146 valence electrons. The van der Waals surface area contributed by atoms with E-state index in [0.29, 0.717) is 45.4 Å². The van der Waals surface area contributed by atoms with E-state index in [4.69, 9.17) is 18.9 Å². The maximum absolute atomic E-state index is 12.8. The van der Waals surface area contributed by atoms with E-state index < -0.39 is 5.56 Å². The van der Waals surface area contributed by atoms with Crippen LogP contribution >= 0.6 is 0 Å². The molecule has 2 heterocycles. The van der Waals surface area contributed by atoms with Gasteiger partial charge in [0.1, 0.15) is 24.0 Å². The van der Waals surface area contributed by atoms with Crippen molar-refractivity contribution < 1.29 is 18.9 Å². The standard InChI is InChI=1S/C22H18N2O5/c1-26-17-8-12(9-18(27-2)21(17)28-3)19-14(10-23)22(25)24-20-13-6-4-5-7-16(13)29-11-15(19)20/h4-9H,11H2,1-3H3,(H,24,25). The number of nitrogens with zero attached hydrogens (tertiary/aromatic N) is 1. The van der Waals surface area contributed by atoms with Gasteiger partial charge in [0.05, 0.1) is 27.0 Å². The van der Waals surface area contributed by atoms with E-state index in [1.807, 2.05) is 30.3 Å². The van der Waals surface area contributed by atoms with Gasteiger partial charge in [0.15, 0.2) is 11.5 Å². The fourth-order valence-electron chi connectivity index (χ4n) is 3.61. The second-order valence-corrected chi connectivity index (χ2v) is 6.37. The maximum Gasteiger partial charge on any atom is 0.266 e. The van der Waals surface area contributed by atoms with Crippen LogP contribution in [0.1, 0.15) is 11.1 Å². The predicted octanol–water partition coefficient (Wildman–Crippen LogP) is 3.50. The first kappa shape index (κ1) is 18.4. The molecule has 1 N–H and O–H groups in total. The number of fused-ring (bicyclic) bond motifs is 3. The van der Waals surface area contributed by atoms with E-state index >= 15 is 0 Å². The summed E-state index contributed by atoms with van der Waals surface area (Å²) in [6.07, 6.45) is 0. The van der Waals surface area contributed by atoms with Crippen LogP contribution in [0.2, 0.25) is 0 Å². The lowest BCUT2D eigenvalue weighted by atomic mass is 9.91. The van der Waals surface area contributed by atoms with Gasteiger partial charge in [-0.1, -0.05) is 12.1 Å². The molecule has 0 aliphatic carbocycles. The van der Waals surface area contributed by atoms with Gasteiger partial charge in [-0.3, -0.25) is 4.79 Å². The zero-order valence-corrected chi connectivity index (χ0v) is 16.2. The first-order chi connectivity index (χ1) is 14.1. The summed E-state index contributed by atoms with van der Waals surface area (Å²) in [4.78, 5) is 15.6. The molecule has 0 saturated heterocycles. The third-order valence-electron chi connectivity index (χ3n) is 4.91. The number of pyridine rings is 1. The molecular formula is C22H18N2O5. The van der Waals surface area contributed by atoms with Gasteiger partial charge in [-0.15, -0.1) is 0 Å². The highest BCUT2D eigenvalue weighted by Crippen LogP contribution is 2.45. The van der Waals surface area contributed by atoms with Crippen molar-refractivity contribution >= 4 is 0 Å². The molecule has 0 fully saturated rings. The van der Waals surface area contributed by atoms with Crippen LogP contribution < -0.4 is 24.5 Å². The summed E-state index contributed by atoms with van der Waals surface area (Å²) in [5, 5.41) is 9.71. The quantitative estimate of drug-likeness (QED) is 0.733. The van der Waals surface area contributed by atoms with Crippen LogP contribution in [0.15, 0.2) is 41.2 Å². The van der Waals surface area contributed by atoms with Crippen molar-refractivity contribution in [2.75, 3.05) is 21.3 Å². The number of rotatable bonds is 4. The van der Waals surface area contributed by atoms with Crippen LogP contribution in [0.4, 0.5) is 0 Å². The number of nitriles is 1. The molecule has 0 bridgehead atoms. The van der Waals surface area contributed by atoms with Crippen molar-refractivity contribution in [2.45, 2.75) is 6.61 Å². The minimum Gasteiger partial charge on any atom is -0.493 e. The van der Waals surface area contributed by atoms with Gasteiger partial charge >= 0.3 is 0 Å². The van der Waals surface area contributed by atoms with Crippen molar-refractivity contribution in [2.24, 2.45) is 0 Å². The molecule has 0 unspecified atom stereocenters. The number of hydrogen-bond donors (Lipinski definition) is 1. The number of para-hydroxylation sites is 1. The zero-order valence-electron chi connectivity index (χ0n) is 16.2. The summed E-state index contributed by atoms with van der Waals surface area (Å²) in [5.74, 6) is 1.96. The average molecular weight is 390 g/mol. The number of methoxy groups -OCH3 is 3. The Morgan fingerprint density at radius 2 is 1.76 bits per heavy atom. The molecule has 7 nitrogen and oxygen atoms in total. The summed E-state index contributed by atoms with van der Waals surface area (Å²) < 4.78 is 22.2. The Kier molecular flexibility index (Phi) is 4.61. The topological polar surface area (TPSA) is 93.6 Å². The Balaban J connectivity index is 2.07. The lowest BCUT2D eigenvalue weighted by molar-refractivity contribution is 0.302. The van der Waals surface area contributed by atoms with Gasteiger partial charge in [0.2, 0.25) is 5.75 Å². The Hall–Kier alpha value is -3.92. The fraction of sp³-hybridized carbons (Fsp3) is 0.182. The van der Waals surface area contributed by atoms with Gasteiger partial charge in [-0.05, 0) is 29.8 Å². The van der Waals surface area contributed by atoms with Crippen molar-refractivity contribution in [1.29, 1.82) is 5.26 Å². The van der Waals surface area contributed by atoms with Crippen molar-refractivity contribution in [3.63, 3.8) is 0 Å². The molecule has 0 amide bonds. The predicted molar refractivity (Wildman–Crippen MR) is 107 cm³/mol. The number of H-pyrrole nitrogens is 1. The molecule has 1 aliphatic rings. The maximum atomic E-state index is 12.8. The molecule has 2 aromatic carbocycles. The molecule has 0 spiro atoms. The van der Waals surface area contributed by atoms with Gasteiger partial charge in [-0.25, -0.2) is 0 Å². The smallest absolute Gasteiger partial charge is 0.266 e. The third kappa shape index (κ3) is 2.86. The molecule has 3 aromatic rings. The van der Waals surface area contributed by atoms with Crippen molar-refractivity contribution in [3.8, 4) is 51.5 Å². The lowest BCUT2D eigenvalue weighted by Gasteiger charge is -2.24. The first-order valence-corrected chi connectivity index (χ1v) is 8.84. The summed E-state index contributed by atoms with van der Waals surface area (Å²) in [6.45, 7) is 0.212. The van der Waals surface area contributed by atoms with Crippen LogP contribution in [0.5, 0.6) is 23.0 Å². The van der Waals surface area contributed by atoms with Crippen LogP contribution in [-0.2, 0) is 6.61 Å². The Morgan fingerprint density at radius 1 is 1.07 bits per heavy atom. The average Bonchev–Trinajstić information content (AvgIpc) is 2.76. The molecule has 29 heavy (non-hydrogen) atoms. The van der Waals surface area contributed by atoms with Crippen LogP contribution in [0.25, 0.3) is 22.4 Å². The number of benzene rings is 2. The summed E-state index contributed by atoms with van der Waals surface area (Å²) in [5.41, 5.74) is 2.74. The van der Waals surface area contributed by atoms with Crippen molar-refractivity contribution in [1.82, 2.24) is 4.98 Å². The third-order valence-corrected chi connectivity index (χ3v) is 4.91. The molecular weight excluding hydrogens is 372 g/mol. The van der Waals surface area contributed by atoms with Gasteiger partial charge < -0.3 is 23.9 Å². The molecule has 1 aliphatic heterocycles. The highest BCUT2D eigenvalue weighted by atomic mass is 16.5. The second-order valence-electron chi connectivity index (χ2n) is 6.37. The lowest BCUT2D eigenvalue weighted by Crippen LogP contribution is -2.19. The molecule has 4 rings (SSSR count). The highest BCUT2D eigenvalue weighted by molar-refractivity contribution is 5.84. The minimum absolute atomic E-state index is 0.000930. The van der Waals surface area contributed by atoms with Crippen molar-refractivity contribution in [3.05, 3.63) is 57.9 Å². The molecule has 0 saturated carbocycles. The monoisotopic (exact) mass is 390 g/mol. The highest BCUT2D eigenvalue weighted by Gasteiger charge is 2.27. The van der Waals surface area contributed by atoms with E-state index in [0.717, 1.165) is 5.56 Å². The first-order valence-electron chi connectivity index (χ1n) is 8.84. The van der Waals surface area contributed by atoms with E-state index in [1.165, 1.54) is 21.3 Å². The van der Waals surface area contributed by atoms with Gasteiger partial charge in [0.25, 0.3) is 5.56 Å². The number of aromatic nitrogens is 1. The van der Waals surface area contributed by atoms with Gasteiger partial charge in [-0.2, -0.15) is 5.26 Å². The zero-order chi connectivity index (χ0) is 20.5. The number of nitrogens with one attached hydrogen (secondary N) is 1. The molecule has 0 radical (unpaired) electrons. The van der Waals surface area contributed by atoms with Crippen LogP contribution in [-0.4, -0.2) is 26.3 Å². The summed E-state index contributed by atoms with van der Waals surface area (Å²) in [7, 11) is 4.54. The molecule has 0 atom stereocenters. The minimum atomic E-state index is -0.466. The van der Waals surface area contributed by atoms with E-state index in [9.17, 15) is 10.1 Å². The molecule has 1 aromatic heterocycles. The largest absolute Gasteiger partial charge is 0.493 e. The van der Waals surface area contributed by atoms with E-state index in [2.05, 4.69) is 4.98 Å². The van der Waals surface area contributed by atoms with Crippen LogP contribution in [0, 0.1) is 11.3 Å². The Labute approximate surface area is 167 Å². The number of aromatic amines is 1. The van der Waals surface area contributed by atoms with E-state index in [-0.39, 0.29) is 12.2 Å². The Bertz CT molecular complexity index is 1180. The Morgan fingerprint density at radius 3 is 2.38 bits per heavy atom.